The molecule has 0 amide bonds. The lowest BCUT2D eigenvalue weighted by Gasteiger charge is -1.95. The highest BCUT2D eigenvalue weighted by Gasteiger charge is 2.13. The largest absolute Gasteiger partial charge is 0.493 e. The summed E-state index contributed by atoms with van der Waals surface area (Å²) in [5.41, 5.74) is 2.10. The molecule has 13 heavy (non-hydrogen) atoms. The third kappa shape index (κ3) is 1.20. The summed E-state index contributed by atoms with van der Waals surface area (Å²) in [4.78, 5) is 0. The zero-order valence-corrected chi connectivity index (χ0v) is 10.1. The molecule has 0 unspecified atom stereocenters. The van der Waals surface area contributed by atoms with Crippen molar-refractivity contribution in [2.75, 3.05) is 0 Å². The summed E-state index contributed by atoms with van der Waals surface area (Å²) in [6.07, 6.45) is 0. The molecule has 68 valence electrons. The maximum Gasteiger partial charge on any atom is 0.217 e. The second kappa shape index (κ2) is 3.03. The van der Waals surface area contributed by atoms with E-state index in [1.165, 1.54) is 0 Å². The van der Waals surface area contributed by atoms with Gasteiger partial charge in [-0.25, -0.2) is 3.59 Å². The van der Waals surface area contributed by atoms with E-state index in [0.717, 1.165) is 20.9 Å². The minimum atomic E-state index is 0.198. The average Bonchev–Trinajstić information content (AvgIpc) is 2.33. The van der Waals surface area contributed by atoms with Crippen molar-refractivity contribution in [2.45, 2.75) is 6.92 Å². The molecule has 1 N–H and O–H groups in total. The second-order valence-electron chi connectivity index (χ2n) is 2.89. The molecule has 0 radical (unpaired) electrons. The molecule has 1 aromatic carbocycles. The molecule has 1 heterocycles. The number of rotatable bonds is 0. The third-order valence-corrected chi connectivity index (χ3v) is 3.53. The predicted molar refractivity (Wildman–Crippen MR) is 60.4 cm³/mol. The van der Waals surface area contributed by atoms with Crippen molar-refractivity contribution in [1.29, 1.82) is 0 Å². The first-order valence-electron chi connectivity index (χ1n) is 3.77. The molecular formula is C9H7Br2NO. The third-order valence-electron chi connectivity index (χ3n) is 2.06. The molecule has 0 spiro atoms. The van der Waals surface area contributed by atoms with Gasteiger partial charge in [-0.05, 0) is 34.5 Å². The summed E-state index contributed by atoms with van der Waals surface area (Å²) in [5.74, 6) is 0.198. The van der Waals surface area contributed by atoms with Crippen molar-refractivity contribution in [3.63, 3.8) is 0 Å². The van der Waals surface area contributed by atoms with Crippen molar-refractivity contribution in [1.82, 2.24) is 3.59 Å². The maximum atomic E-state index is 9.62. The molecule has 2 aromatic rings. The van der Waals surface area contributed by atoms with E-state index in [-0.39, 0.29) is 5.88 Å². The van der Waals surface area contributed by atoms with Gasteiger partial charge in [0.05, 0.1) is 26.1 Å². The quantitative estimate of drug-likeness (QED) is 0.791. The van der Waals surface area contributed by atoms with Crippen molar-refractivity contribution in [3.8, 4) is 5.88 Å². The van der Waals surface area contributed by atoms with E-state index in [1.807, 2.05) is 25.1 Å². The lowest BCUT2D eigenvalue weighted by atomic mass is 10.1. The molecule has 2 nitrogen and oxygen atoms in total. The summed E-state index contributed by atoms with van der Waals surface area (Å²) in [6.45, 7) is 2.01. The van der Waals surface area contributed by atoms with Gasteiger partial charge < -0.3 is 5.11 Å². The van der Waals surface area contributed by atoms with Crippen LogP contribution in [0, 0.1) is 6.92 Å². The predicted octanol–water partition coefficient (Wildman–Crippen LogP) is 3.58. The van der Waals surface area contributed by atoms with Crippen LogP contribution in [0.15, 0.2) is 22.7 Å². The average molecular weight is 305 g/mol. The topological polar surface area (TPSA) is 25.2 Å². The van der Waals surface area contributed by atoms with Gasteiger partial charge in [0.25, 0.3) is 0 Å². The van der Waals surface area contributed by atoms with Gasteiger partial charge in [0.1, 0.15) is 0 Å². The zero-order chi connectivity index (χ0) is 9.59. The monoisotopic (exact) mass is 303 g/mol. The number of aromatic nitrogens is 1. The summed E-state index contributed by atoms with van der Waals surface area (Å²) < 4.78 is 2.32. The summed E-state index contributed by atoms with van der Waals surface area (Å²) in [6, 6.07) is 5.92. The standard InChI is InChI=1S/C9H7Br2NO/c1-5-3-2-4-6-7(5)8(10)9(13)12(6)11/h2-4,13H,1H3. The SMILES string of the molecule is Cc1cccc2c1c(Br)c(O)n2Br. The first-order valence-corrected chi connectivity index (χ1v) is 5.28. The second-order valence-corrected chi connectivity index (χ2v) is 4.39. The fourth-order valence-corrected chi connectivity index (χ4v) is 2.82. The Labute approximate surface area is 92.6 Å². The highest BCUT2D eigenvalue weighted by Crippen LogP contribution is 2.38. The highest BCUT2D eigenvalue weighted by molar-refractivity contribution is 9.11. The van der Waals surface area contributed by atoms with Crippen LogP contribution in [0.25, 0.3) is 10.9 Å². The van der Waals surface area contributed by atoms with E-state index in [2.05, 4.69) is 32.1 Å². The first kappa shape index (κ1) is 9.09. The van der Waals surface area contributed by atoms with E-state index in [4.69, 9.17) is 0 Å². The minimum absolute atomic E-state index is 0.198. The number of benzene rings is 1. The first-order chi connectivity index (χ1) is 6.13. The van der Waals surface area contributed by atoms with Gasteiger partial charge in [-0.2, -0.15) is 0 Å². The summed E-state index contributed by atoms with van der Waals surface area (Å²) in [5, 5.41) is 10.7. The van der Waals surface area contributed by atoms with Crippen molar-refractivity contribution in [3.05, 3.63) is 28.2 Å². The smallest absolute Gasteiger partial charge is 0.217 e. The van der Waals surface area contributed by atoms with E-state index >= 15 is 0 Å². The van der Waals surface area contributed by atoms with Crippen molar-refractivity contribution >= 4 is 43.0 Å². The van der Waals surface area contributed by atoms with Crippen LogP contribution in [0.4, 0.5) is 0 Å². The van der Waals surface area contributed by atoms with Gasteiger partial charge in [0, 0.05) is 5.39 Å². The van der Waals surface area contributed by atoms with Crippen LogP contribution in [0.2, 0.25) is 0 Å². The Hall–Kier alpha value is -0.480. The lowest BCUT2D eigenvalue weighted by molar-refractivity contribution is 0.451. The summed E-state index contributed by atoms with van der Waals surface area (Å²) in [7, 11) is 0. The molecule has 0 bridgehead atoms. The number of aromatic hydroxyl groups is 1. The number of nitrogens with zero attached hydrogens (tertiary/aromatic N) is 1. The molecule has 0 aliphatic rings. The molecule has 0 saturated heterocycles. The van der Waals surface area contributed by atoms with Crippen LogP contribution < -0.4 is 0 Å². The Kier molecular flexibility index (Phi) is 2.12. The Morgan fingerprint density at radius 1 is 1.38 bits per heavy atom. The molecule has 4 heteroatoms. The normalized spacial score (nSPS) is 11.0. The van der Waals surface area contributed by atoms with Crippen LogP contribution in [0.1, 0.15) is 5.56 Å². The van der Waals surface area contributed by atoms with E-state index < -0.39 is 0 Å². The Balaban J connectivity index is 3.03. The van der Waals surface area contributed by atoms with Crippen LogP contribution in [-0.2, 0) is 0 Å². The lowest BCUT2D eigenvalue weighted by Crippen LogP contribution is -1.77. The molecule has 1 aromatic heterocycles. The van der Waals surface area contributed by atoms with Crippen molar-refractivity contribution < 1.29 is 5.11 Å². The van der Waals surface area contributed by atoms with Crippen LogP contribution >= 0.6 is 32.1 Å². The Morgan fingerprint density at radius 3 is 2.69 bits per heavy atom. The van der Waals surface area contributed by atoms with Gasteiger partial charge in [0.2, 0.25) is 5.88 Å². The number of hydrogen-bond acceptors (Lipinski definition) is 1. The molecule has 0 fully saturated rings. The zero-order valence-electron chi connectivity index (χ0n) is 6.88. The van der Waals surface area contributed by atoms with Gasteiger partial charge in [0.15, 0.2) is 0 Å². The Morgan fingerprint density at radius 2 is 2.08 bits per heavy atom. The number of halogens is 2. The molecule has 0 saturated carbocycles. The Bertz CT molecular complexity index is 476. The number of fused-ring (bicyclic) bond motifs is 1. The number of hydrogen-bond donors (Lipinski definition) is 1. The highest BCUT2D eigenvalue weighted by atomic mass is 79.9. The molecule has 0 atom stereocenters. The molecule has 0 aliphatic heterocycles. The van der Waals surface area contributed by atoms with Gasteiger partial charge in [-0.1, -0.05) is 12.1 Å². The molecular weight excluding hydrogens is 298 g/mol. The summed E-state index contributed by atoms with van der Waals surface area (Å²) >= 11 is 6.62. The van der Waals surface area contributed by atoms with E-state index in [1.54, 1.807) is 3.59 Å². The van der Waals surface area contributed by atoms with Gasteiger partial charge in [-0.15, -0.1) is 0 Å². The number of aryl methyl sites for hydroxylation is 1. The van der Waals surface area contributed by atoms with Gasteiger partial charge >= 0.3 is 0 Å². The molecule has 0 aliphatic carbocycles. The van der Waals surface area contributed by atoms with Crippen LogP contribution in [-0.4, -0.2) is 8.70 Å². The fourth-order valence-electron chi connectivity index (χ4n) is 1.41. The van der Waals surface area contributed by atoms with Crippen LogP contribution in [0.5, 0.6) is 5.88 Å². The van der Waals surface area contributed by atoms with E-state index in [0.29, 0.717) is 0 Å². The minimum Gasteiger partial charge on any atom is -0.493 e. The maximum absolute atomic E-state index is 9.62. The van der Waals surface area contributed by atoms with Gasteiger partial charge in [-0.3, -0.25) is 0 Å². The molecule has 2 rings (SSSR count). The van der Waals surface area contributed by atoms with Crippen molar-refractivity contribution in [2.24, 2.45) is 0 Å². The fraction of sp³-hybridized carbons (Fsp3) is 0.111. The van der Waals surface area contributed by atoms with E-state index in [9.17, 15) is 5.11 Å². The van der Waals surface area contributed by atoms with Crippen LogP contribution in [0.3, 0.4) is 0 Å².